The first-order valence-corrected chi connectivity index (χ1v) is 13.7. The lowest BCUT2D eigenvalue weighted by molar-refractivity contribution is 0.174. The van der Waals surface area contributed by atoms with Crippen LogP contribution < -0.4 is 24.5 Å². The zero-order valence-corrected chi connectivity index (χ0v) is 24.2. The molecule has 0 radical (unpaired) electrons. The molecule has 1 aromatic heterocycles. The van der Waals surface area contributed by atoms with E-state index in [9.17, 15) is 4.79 Å². The number of rotatable bonds is 8. The van der Waals surface area contributed by atoms with Crippen molar-refractivity contribution in [1.29, 1.82) is 0 Å². The molecular formula is C28H25Br2N3O5. The van der Waals surface area contributed by atoms with E-state index in [1.54, 1.807) is 12.3 Å². The van der Waals surface area contributed by atoms with Crippen LogP contribution in [0.1, 0.15) is 43.6 Å². The third kappa shape index (κ3) is 5.42. The smallest absolute Gasteiger partial charge is 0.282 e. The van der Waals surface area contributed by atoms with Crippen molar-refractivity contribution in [1.82, 2.24) is 9.66 Å². The van der Waals surface area contributed by atoms with Crippen molar-refractivity contribution >= 4 is 49.0 Å². The van der Waals surface area contributed by atoms with Gasteiger partial charge >= 0.3 is 0 Å². The molecule has 0 saturated heterocycles. The third-order valence-corrected chi connectivity index (χ3v) is 6.91. The lowest BCUT2D eigenvalue weighted by atomic mass is 10.2. The summed E-state index contributed by atoms with van der Waals surface area (Å²) in [6.45, 7) is 6.86. The summed E-state index contributed by atoms with van der Waals surface area (Å²) in [7, 11) is 0. The molecule has 1 aliphatic heterocycles. The Morgan fingerprint density at radius 1 is 1.08 bits per heavy atom. The van der Waals surface area contributed by atoms with Gasteiger partial charge in [-0.2, -0.15) is 9.78 Å². The van der Waals surface area contributed by atoms with Gasteiger partial charge in [-0.3, -0.25) is 4.79 Å². The Morgan fingerprint density at radius 2 is 1.89 bits per heavy atom. The Bertz CT molecular complexity index is 1600. The van der Waals surface area contributed by atoms with Crippen molar-refractivity contribution in [3.8, 4) is 23.0 Å². The number of hydrogen-bond donors (Lipinski definition) is 0. The van der Waals surface area contributed by atoms with Crippen LogP contribution in [0.25, 0.3) is 10.9 Å². The van der Waals surface area contributed by atoms with Crippen molar-refractivity contribution in [3.63, 3.8) is 0 Å². The zero-order chi connectivity index (χ0) is 26.8. The minimum Gasteiger partial charge on any atom is -0.490 e. The van der Waals surface area contributed by atoms with Crippen molar-refractivity contribution in [2.24, 2.45) is 5.10 Å². The highest BCUT2D eigenvalue weighted by Gasteiger charge is 2.17. The zero-order valence-electron chi connectivity index (χ0n) is 21.0. The van der Waals surface area contributed by atoms with E-state index in [0.29, 0.717) is 51.7 Å². The van der Waals surface area contributed by atoms with Crippen LogP contribution in [0, 0.1) is 0 Å². The summed E-state index contributed by atoms with van der Waals surface area (Å²) in [6, 6.07) is 14.9. The Kier molecular flexibility index (Phi) is 7.71. The number of halogens is 2. The van der Waals surface area contributed by atoms with Gasteiger partial charge in [-0.1, -0.05) is 35.8 Å². The molecule has 5 rings (SSSR count). The summed E-state index contributed by atoms with van der Waals surface area (Å²) in [6.07, 6.45) is 1.62. The molecular weight excluding hydrogens is 618 g/mol. The fourth-order valence-corrected chi connectivity index (χ4v) is 4.96. The molecule has 0 saturated carbocycles. The fourth-order valence-electron chi connectivity index (χ4n) is 4.03. The summed E-state index contributed by atoms with van der Waals surface area (Å²) >= 11 is 7.05. The molecule has 0 amide bonds. The minimum atomic E-state index is -0.232. The van der Waals surface area contributed by atoms with Crippen LogP contribution in [0.4, 0.5) is 0 Å². The van der Waals surface area contributed by atoms with Crippen LogP contribution >= 0.6 is 31.9 Å². The Morgan fingerprint density at radius 3 is 2.68 bits per heavy atom. The maximum absolute atomic E-state index is 13.3. The van der Waals surface area contributed by atoms with Gasteiger partial charge in [0.05, 0.1) is 28.2 Å². The maximum atomic E-state index is 13.3. The number of ether oxygens (including phenoxy) is 4. The monoisotopic (exact) mass is 641 g/mol. The van der Waals surface area contributed by atoms with E-state index in [-0.39, 0.29) is 18.3 Å². The van der Waals surface area contributed by atoms with Crippen molar-refractivity contribution in [2.45, 2.75) is 33.3 Å². The topological polar surface area (TPSA) is 84.2 Å². The van der Waals surface area contributed by atoms with Crippen LogP contribution in [0.5, 0.6) is 23.0 Å². The van der Waals surface area contributed by atoms with Gasteiger partial charge in [0, 0.05) is 10.4 Å². The molecule has 0 spiro atoms. The molecule has 10 heteroatoms. The summed E-state index contributed by atoms with van der Waals surface area (Å²) in [4.78, 5) is 18.0. The van der Waals surface area contributed by atoms with Crippen molar-refractivity contribution in [2.75, 3.05) is 13.4 Å². The van der Waals surface area contributed by atoms with Gasteiger partial charge in [-0.15, -0.1) is 0 Å². The lowest BCUT2D eigenvalue weighted by Gasteiger charge is -2.15. The SMILES string of the molecule is CCOc1cc(C=Nn2c(C(C)C)nc3ccc(Br)cc3c2=O)cc(Br)c1OCc1ccc2c(c1)OCO2. The van der Waals surface area contributed by atoms with Gasteiger partial charge in [0.1, 0.15) is 12.4 Å². The summed E-state index contributed by atoms with van der Waals surface area (Å²) in [5, 5.41) is 5.02. The first-order valence-electron chi connectivity index (χ1n) is 12.1. The van der Waals surface area contributed by atoms with E-state index in [2.05, 4.69) is 37.0 Å². The molecule has 0 unspecified atom stereocenters. The van der Waals surface area contributed by atoms with E-state index >= 15 is 0 Å². The molecule has 0 aliphatic carbocycles. The van der Waals surface area contributed by atoms with Crippen molar-refractivity contribution < 1.29 is 18.9 Å². The highest BCUT2D eigenvalue weighted by molar-refractivity contribution is 9.10. The quantitative estimate of drug-likeness (QED) is 0.201. The molecule has 0 N–H and O–H groups in total. The Labute approximate surface area is 236 Å². The second kappa shape index (κ2) is 11.2. The van der Waals surface area contributed by atoms with Gasteiger partial charge in [0.25, 0.3) is 5.56 Å². The number of fused-ring (bicyclic) bond motifs is 2. The number of hydrogen-bond acceptors (Lipinski definition) is 7. The second-order valence-electron chi connectivity index (χ2n) is 8.89. The van der Waals surface area contributed by atoms with Crippen LogP contribution in [-0.4, -0.2) is 29.3 Å². The highest BCUT2D eigenvalue weighted by atomic mass is 79.9. The van der Waals surface area contributed by atoms with E-state index in [0.717, 1.165) is 21.3 Å². The van der Waals surface area contributed by atoms with Crippen LogP contribution in [0.15, 0.2) is 67.4 Å². The van der Waals surface area contributed by atoms with E-state index in [4.69, 9.17) is 23.9 Å². The first-order chi connectivity index (χ1) is 18.3. The summed E-state index contributed by atoms with van der Waals surface area (Å²) in [5.41, 5.74) is 2.07. The predicted molar refractivity (Wildman–Crippen MR) is 153 cm³/mol. The Hall–Kier alpha value is -3.37. The number of nitrogens with zero attached hydrogens (tertiary/aromatic N) is 3. The lowest BCUT2D eigenvalue weighted by Crippen LogP contribution is -2.23. The molecule has 8 nitrogen and oxygen atoms in total. The highest BCUT2D eigenvalue weighted by Crippen LogP contribution is 2.38. The van der Waals surface area contributed by atoms with E-state index in [1.807, 2.05) is 63.2 Å². The maximum Gasteiger partial charge on any atom is 0.282 e. The normalized spacial score (nSPS) is 12.6. The van der Waals surface area contributed by atoms with Gasteiger partial charge < -0.3 is 18.9 Å². The molecule has 2 heterocycles. The molecule has 0 fully saturated rings. The molecule has 3 aromatic carbocycles. The standard InChI is InChI=1S/C28H25Br2N3O5/c1-4-35-25-11-18(9-21(30)26(25)36-14-17-5-8-23-24(10-17)38-15-37-23)13-31-33-27(16(2)3)32-22-7-6-19(29)12-20(22)28(33)34/h5-13,16H,4,14-15H2,1-3H3. The van der Waals surface area contributed by atoms with Crippen molar-refractivity contribution in [3.05, 3.63) is 84.8 Å². The number of benzene rings is 3. The minimum absolute atomic E-state index is 0.00873. The molecule has 1 aliphatic rings. The van der Waals surface area contributed by atoms with Crippen LogP contribution in [0.2, 0.25) is 0 Å². The average molecular weight is 643 g/mol. The van der Waals surface area contributed by atoms with Crippen LogP contribution in [-0.2, 0) is 6.61 Å². The van der Waals surface area contributed by atoms with E-state index < -0.39 is 0 Å². The van der Waals surface area contributed by atoms with Crippen LogP contribution in [0.3, 0.4) is 0 Å². The van der Waals surface area contributed by atoms with Gasteiger partial charge in [-0.05, 0) is 76.4 Å². The number of aromatic nitrogens is 2. The average Bonchev–Trinajstić information content (AvgIpc) is 3.36. The molecule has 196 valence electrons. The largest absolute Gasteiger partial charge is 0.490 e. The Balaban J connectivity index is 1.46. The van der Waals surface area contributed by atoms with Gasteiger partial charge in [0.2, 0.25) is 6.79 Å². The predicted octanol–water partition coefficient (Wildman–Crippen LogP) is 6.63. The summed E-state index contributed by atoms with van der Waals surface area (Å²) in [5.74, 6) is 3.12. The molecule has 38 heavy (non-hydrogen) atoms. The molecule has 0 atom stereocenters. The summed E-state index contributed by atoms with van der Waals surface area (Å²) < 4.78 is 25.7. The first kappa shape index (κ1) is 26.2. The second-order valence-corrected chi connectivity index (χ2v) is 10.7. The third-order valence-electron chi connectivity index (χ3n) is 5.82. The molecule has 0 bridgehead atoms. The fraction of sp³-hybridized carbons (Fsp3) is 0.250. The molecule has 4 aromatic rings. The van der Waals surface area contributed by atoms with E-state index in [1.165, 1.54) is 4.68 Å². The van der Waals surface area contributed by atoms with Gasteiger partial charge in [-0.25, -0.2) is 4.98 Å². The van der Waals surface area contributed by atoms with Gasteiger partial charge in [0.15, 0.2) is 23.0 Å².